The number of anilines is 1. The van der Waals surface area contributed by atoms with Crippen LogP contribution in [0, 0.1) is 0 Å². The van der Waals surface area contributed by atoms with Gasteiger partial charge < -0.3 is 10.1 Å². The molecular weight excluding hydrogens is 314 g/mol. The fourth-order valence-electron chi connectivity index (χ4n) is 2.37. The Hall–Kier alpha value is -2.82. The summed E-state index contributed by atoms with van der Waals surface area (Å²) in [5.41, 5.74) is 5.54. The molecule has 0 radical (unpaired) electrons. The number of ether oxygens (including phenoxy) is 1. The Balaban J connectivity index is 1.95. The SMILES string of the molecule is CCC(Cc1ccccc1)=NNC(=O)[C@H](C)Nc1ccccc1OC. The first-order valence-electron chi connectivity index (χ1n) is 8.42. The second kappa shape index (κ2) is 9.47. The van der Waals surface area contributed by atoms with Crippen molar-refractivity contribution in [1.29, 1.82) is 0 Å². The van der Waals surface area contributed by atoms with Crippen molar-refractivity contribution < 1.29 is 9.53 Å². The number of rotatable bonds is 8. The molecule has 5 nitrogen and oxygen atoms in total. The number of nitrogens with zero attached hydrogens (tertiary/aromatic N) is 1. The number of para-hydroxylation sites is 2. The first kappa shape index (κ1) is 18.5. The quantitative estimate of drug-likeness (QED) is 0.570. The molecule has 0 fully saturated rings. The molecule has 0 saturated carbocycles. The van der Waals surface area contributed by atoms with Crippen molar-refractivity contribution in [3.63, 3.8) is 0 Å². The summed E-state index contributed by atoms with van der Waals surface area (Å²) in [6, 6.07) is 17.2. The Morgan fingerprint density at radius 2 is 1.80 bits per heavy atom. The maximum absolute atomic E-state index is 12.3. The number of carbonyl (C=O) groups excluding carboxylic acids is 1. The molecule has 0 aliphatic rings. The molecule has 0 aliphatic heterocycles. The van der Waals surface area contributed by atoms with Crippen LogP contribution in [-0.2, 0) is 11.2 Å². The number of hydrogen-bond acceptors (Lipinski definition) is 4. The van der Waals surface area contributed by atoms with E-state index in [0.29, 0.717) is 5.75 Å². The predicted octanol–water partition coefficient (Wildman–Crippen LogP) is 3.62. The summed E-state index contributed by atoms with van der Waals surface area (Å²) >= 11 is 0. The first-order valence-corrected chi connectivity index (χ1v) is 8.42. The van der Waals surface area contributed by atoms with Crippen LogP contribution in [0.25, 0.3) is 0 Å². The maximum Gasteiger partial charge on any atom is 0.262 e. The highest BCUT2D eigenvalue weighted by atomic mass is 16.5. The number of benzene rings is 2. The van der Waals surface area contributed by atoms with Gasteiger partial charge in [-0.05, 0) is 31.0 Å². The van der Waals surface area contributed by atoms with Crippen molar-refractivity contribution in [2.45, 2.75) is 32.7 Å². The van der Waals surface area contributed by atoms with E-state index in [1.165, 1.54) is 5.56 Å². The fraction of sp³-hybridized carbons (Fsp3) is 0.300. The minimum atomic E-state index is -0.435. The molecule has 1 atom stereocenters. The van der Waals surface area contributed by atoms with Gasteiger partial charge in [-0.2, -0.15) is 5.10 Å². The minimum Gasteiger partial charge on any atom is -0.495 e. The lowest BCUT2D eigenvalue weighted by molar-refractivity contribution is -0.121. The topological polar surface area (TPSA) is 62.7 Å². The maximum atomic E-state index is 12.3. The van der Waals surface area contributed by atoms with Crippen LogP contribution < -0.4 is 15.5 Å². The van der Waals surface area contributed by atoms with Gasteiger partial charge in [-0.3, -0.25) is 4.79 Å². The van der Waals surface area contributed by atoms with Crippen molar-refractivity contribution >= 4 is 17.3 Å². The molecule has 0 heterocycles. The zero-order chi connectivity index (χ0) is 18.1. The van der Waals surface area contributed by atoms with Crippen LogP contribution in [0.2, 0.25) is 0 Å². The van der Waals surface area contributed by atoms with Gasteiger partial charge in [0, 0.05) is 12.1 Å². The van der Waals surface area contributed by atoms with Gasteiger partial charge >= 0.3 is 0 Å². The second-order valence-electron chi connectivity index (χ2n) is 5.74. The van der Waals surface area contributed by atoms with E-state index in [4.69, 9.17) is 4.74 Å². The van der Waals surface area contributed by atoms with E-state index in [1.54, 1.807) is 14.0 Å². The highest BCUT2D eigenvalue weighted by Crippen LogP contribution is 2.23. The molecule has 0 aromatic heterocycles. The highest BCUT2D eigenvalue weighted by molar-refractivity contribution is 5.89. The molecule has 0 spiro atoms. The summed E-state index contributed by atoms with van der Waals surface area (Å²) in [5, 5.41) is 7.43. The molecule has 0 saturated heterocycles. The summed E-state index contributed by atoms with van der Waals surface area (Å²) in [4.78, 5) is 12.3. The molecule has 25 heavy (non-hydrogen) atoms. The average Bonchev–Trinajstić information content (AvgIpc) is 2.66. The molecule has 132 valence electrons. The average molecular weight is 339 g/mol. The van der Waals surface area contributed by atoms with Gasteiger partial charge in [-0.25, -0.2) is 5.43 Å². The molecule has 0 bridgehead atoms. The number of hydrazone groups is 1. The molecule has 2 aromatic rings. The zero-order valence-corrected chi connectivity index (χ0v) is 15.0. The molecule has 2 N–H and O–H groups in total. The Labute approximate surface area is 149 Å². The molecule has 2 rings (SSSR count). The van der Waals surface area contributed by atoms with Crippen molar-refractivity contribution in [1.82, 2.24) is 5.43 Å². The van der Waals surface area contributed by atoms with Gasteiger partial charge in [0.15, 0.2) is 0 Å². The van der Waals surface area contributed by atoms with Crippen molar-refractivity contribution in [3.8, 4) is 5.75 Å². The number of amides is 1. The number of nitrogens with one attached hydrogen (secondary N) is 2. The van der Waals surface area contributed by atoms with Crippen LogP contribution in [0.1, 0.15) is 25.8 Å². The van der Waals surface area contributed by atoms with Crippen LogP contribution in [0.15, 0.2) is 59.7 Å². The predicted molar refractivity (Wildman–Crippen MR) is 102 cm³/mol. The van der Waals surface area contributed by atoms with Crippen LogP contribution in [-0.4, -0.2) is 24.8 Å². The van der Waals surface area contributed by atoms with Gasteiger partial charge in [0.25, 0.3) is 5.91 Å². The third kappa shape index (κ3) is 5.64. The standard InChI is InChI=1S/C20H25N3O2/c1-4-17(14-16-10-6-5-7-11-16)22-23-20(24)15(2)21-18-12-8-9-13-19(18)25-3/h5-13,15,21H,4,14H2,1-3H3,(H,23,24)/t15-/m0/s1. The Morgan fingerprint density at radius 3 is 2.48 bits per heavy atom. The van der Waals surface area contributed by atoms with E-state index in [1.807, 2.05) is 49.4 Å². The van der Waals surface area contributed by atoms with E-state index < -0.39 is 6.04 Å². The largest absolute Gasteiger partial charge is 0.495 e. The summed E-state index contributed by atoms with van der Waals surface area (Å²) < 4.78 is 5.29. The van der Waals surface area contributed by atoms with E-state index in [9.17, 15) is 4.79 Å². The van der Waals surface area contributed by atoms with Crippen LogP contribution >= 0.6 is 0 Å². The summed E-state index contributed by atoms with van der Waals surface area (Å²) in [6.45, 7) is 3.82. The lowest BCUT2D eigenvalue weighted by Crippen LogP contribution is -2.35. The summed E-state index contributed by atoms with van der Waals surface area (Å²) in [6.07, 6.45) is 1.51. The van der Waals surface area contributed by atoms with Gasteiger partial charge in [0.2, 0.25) is 0 Å². The van der Waals surface area contributed by atoms with E-state index in [0.717, 1.165) is 24.2 Å². The lowest BCUT2D eigenvalue weighted by atomic mass is 10.1. The molecule has 0 aliphatic carbocycles. The van der Waals surface area contributed by atoms with Crippen molar-refractivity contribution in [2.75, 3.05) is 12.4 Å². The van der Waals surface area contributed by atoms with Crippen molar-refractivity contribution in [3.05, 3.63) is 60.2 Å². The van der Waals surface area contributed by atoms with E-state index in [-0.39, 0.29) is 5.91 Å². The van der Waals surface area contributed by atoms with Crippen LogP contribution in [0.3, 0.4) is 0 Å². The molecular formula is C20H25N3O2. The number of hydrogen-bond donors (Lipinski definition) is 2. The van der Waals surface area contributed by atoms with Gasteiger partial charge in [-0.1, -0.05) is 49.4 Å². The second-order valence-corrected chi connectivity index (χ2v) is 5.74. The molecule has 1 amide bonds. The lowest BCUT2D eigenvalue weighted by Gasteiger charge is -2.16. The first-order chi connectivity index (χ1) is 12.1. The molecule has 2 aromatic carbocycles. The number of carbonyl (C=O) groups is 1. The molecule has 5 heteroatoms. The third-order valence-corrected chi connectivity index (χ3v) is 3.86. The third-order valence-electron chi connectivity index (χ3n) is 3.86. The highest BCUT2D eigenvalue weighted by Gasteiger charge is 2.14. The summed E-state index contributed by atoms with van der Waals surface area (Å²) in [5.74, 6) is 0.508. The van der Waals surface area contributed by atoms with E-state index in [2.05, 4.69) is 28.0 Å². The summed E-state index contributed by atoms with van der Waals surface area (Å²) in [7, 11) is 1.60. The van der Waals surface area contributed by atoms with Gasteiger partial charge in [0.1, 0.15) is 11.8 Å². The normalized spacial score (nSPS) is 12.4. The van der Waals surface area contributed by atoms with Crippen molar-refractivity contribution in [2.24, 2.45) is 5.10 Å². The van der Waals surface area contributed by atoms with Gasteiger partial charge in [0.05, 0.1) is 12.8 Å². The Kier molecular flexibility index (Phi) is 7.01. The van der Waals surface area contributed by atoms with Crippen LogP contribution in [0.5, 0.6) is 5.75 Å². The smallest absolute Gasteiger partial charge is 0.262 e. The van der Waals surface area contributed by atoms with Crippen LogP contribution in [0.4, 0.5) is 5.69 Å². The zero-order valence-electron chi connectivity index (χ0n) is 15.0. The fourth-order valence-corrected chi connectivity index (χ4v) is 2.37. The monoisotopic (exact) mass is 339 g/mol. The molecule has 0 unspecified atom stereocenters. The minimum absolute atomic E-state index is 0.190. The Bertz CT molecular complexity index is 714. The van der Waals surface area contributed by atoms with Gasteiger partial charge in [-0.15, -0.1) is 0 Å². The number of methoxy groups -OCH3 is 1. The Morgan fingerprint density at radius 1 is 1.12 bits per heavy atom. The van der Waals surface area contributed by atoms with E-state index >= 15 is 0 Å².